The van der Waals surface area contributed by atoms with Gasteiger partial charge in [-0.2, -0.15) is 0 Å². The van der Waals surface area contributed by atoms with Gasteiger partial charge >= 0.3 is 5.24 Å². The fraction of sp³-hybridized carbons (Fsp3) is 0.500. The molecule has 0 aromatic carbocycles. The fourth-order valence-electron chi connectivity index (χ4n) is 0.122. The third kappa shape index (κ3) is 3.57. The lowest BCUT2D eigenvalue weighted by Gasteiger charge is -1.91. The van der Waals surface area contributed by atoms with Crippen molar-refractivity contribution in [1.29, 1.82) is 0 Å². The Bertz CT molecular complexity index is 66.0. The third-order valence-corrected chi connectivity index (χ3v) is 0.820. The molecule has 0 aromatic heterocycles. The number of hydrazine groups is 1. The molecule has 4 N–H and O–H groups in total. The van der Waals surface area contributed by atoms with Crippen LogP contribution in [0.15, 0.2) is 0 Å². The molecule has 7 heavy (non-hydrogen) atoms. The van der Waals surface area contributed by atoms with Crippen molar-refractivity contribution in [3.05, 3.63) is 0 Å². The second kappa shape index (κ2) is 3.91. The van der Waals surface area contributed by atoms with Crippen LogP contribution in [0.4, 0.5) is 4.79 Å². The summed E-state index contributed by atoms with van der Waals surface area (Å²) in [5, 5.41) is -0.289. The molecular weight excluding hydrogens is 114 g/mol. The molecular formula is C2H7N3OS. The predicted molar refractivity (Wildman–Crippen MR) is 29.4 cm³/mol. The van der Waals surface area contributed by atoms with E-state index in [0.717, 1.165) is 11.9 Å². The van der Waals surface area contributed by atoms with Crippen molar-refractivity contribution < 1.29 is 4.79 Å². The van der Waals surface area contributed by atoms with Gasteiger partial charge in [0.15, 0.2) is 0 Å². The highest BCUT2D eigenvalue weighted by Crippen LogP contribution is 1.87. The van der Waals surface area contributed by atoms with Crippen molar-refractivity contribution in [2.45, 2.75) is 0 Å². The highest BCUT2D eigenvalue weighted by Gasteiger charge is 1.91. The number of amides is 1. The number of hydrogen-bond acceptors (Lipinski definition) is 4. The first kappa shape index (κ1) is 6.74. The molecule has 0 unspecified atom stereocenters. The van der Waals surface area contributed by atoms with E-state index in [-0.39, 0.29) is 5.24 Å². The zero-order valence-electron chi connectivity index (χ0n) is 3.89. The molecule has 0 aliphatic heterocycles. The summed E-state index contributed by atoms with van der Waals surface area (Å²) < 4.78 is 2.54. The van der Waals surface area contributed by atoms with Crippen LogP contribution in [0.3, 0.4) is 0 Å². The van der Waals surface area contributed by atoms with Crippen LogP contribution in [0.25, 0.3) is 0 Å². The van der Waals surface area contributed by atoms with Gasteiger partial charge in [0.1, 0.15) is 0 Å². The maximum atomic E-state index is 10.1. The van der Waals surface area contributed by atoms with E-state index in [1.807, 2.05) is 5.43 Å². The molecule has 0 bridgehead atoms. The van der Waals surface area contributed by atoms with Crippen LogP contribution in [-0.2, 0) is 0 Å². The Morgan fingerprint density at radius 1 is 1.86 bits per heavy atom. The Morgan fingerprint density at radius 3 is 2.57 bits per heavy atom. The van der Waals surface area contributed by atoms with E-state index in [2.05, 4.69) is 4.72 Å². The van der Waals surface area contributed by atoms with Crippen molar-refractivity contribution in [1.82, 2.24) is 10.1 Å². The minimum Gasteiger partial charge on any atom is -0.284 e. The van der Waals surface area contributed by atoms with Crippen molar-refractivity contribution >= 4 is 17.2 Å². The maximum Gasteiger partial charge on any atom is 0.307 e. The summed E-state index contributed by atoms with van der Waals surface area (Å²) in [5.41, 5.74) is 1.93. The van der Waals surface area contributed by atoms with Gasteiger partial charge in [-0.15, -0.1) is 0 Å². The largest absolute Gasteiger partial charge is 0.307 e. The van der Waals surface area contributed by atoms with Gasteiger partial charge in [0.25, 0.3) is 0 Å². The van der Waals surface area contributed by atoms with Gasteiger partial charge in [-0.1, -0.05) is 0 Å². The van der Waals surface area contributed by atoms with E-state index in [9.17, 15) is 4.79 Å². The Morgan fingerprint density at radius 2 is 2.43 bits per heavy atom. The second-order valence-corrected chi connectivity index (χ2v) is 1.72. The zero-order valence-corrected chi connectivity index (χ0v) is 4.71. The molecule has 0 aromatic rings. The van der Waals surface area contributed by atoms with Gasteiger partial charge < -0.3 is 0 Å². The van der Waals surface area contributed by atoms with Gasteiger partial charge in [0, 0.05) is 11.9 Å². The third-order valence-electron chi connectivity index (χ3n) is 0.313. The number of nitrogens with one attached hydrogen (secondary N) is 2. The Balaban J connectivity index is 3.00. The lowest BCUT2D eigenvalue weighted by Crippen LogP contribution is -2.27. The summed E-state index contributed by atoms with van der Waals surface area (Å²) in [4.78, 5) is 10.1. The van der Waals surface area contributed by atoms with Crippen molar-refractivity contribution in [2.75, 3.05) is 7.05 Å². The van der Waals surface area contributed by atoms with Gasteiger partial charge in [-0.3, -0.25) is 14.9 Å². The topological polar surface area (TPSA) is 67.2 Å². The van der Waals surface area contributed by atoms with Gasteiger partial charge in [-0.05, 0) is 7.05 Å². The normalized spacial score (nSPS) is 8.29. The van der Waals surface area contributed by atoms with E-state index >= 15 is 0 Å². The quantitative estimate of drug-likeness (QED) is 0.188. The van der Waals surface area contributed by atoms with Crippen LogP contribution in [0, 0.1) is 0 Å². The van der Waals surface area contributed by atoms with E-state index in [1.54, 1.807) is 7.05 Å². The average molecular weight is 121 g/mol. The highest BCUT2D eigenvalue weighted by atomic mass is 32.2. The molecule has 0 spiro atoms. The molecule has 0 rings (SSSR count). The van der Waals surface area contributed by atoms with Crippen LogP contribution in [0.1, 0.15) is 0 Å². The second-order valence-electron chi connectivity index (χ2n) is 0.738. The number of rotatable bonds is 1. The zero-order chi connectivity index (χ0) is 5.70. The number of carbonyl (C=O) groups excluding carboxylic acids is 1. The van der Waals surface area contributed by atoms with E-state index in [1.165, 1.54) is 0 Å². The van der Waals surface area contributed by atoms with E-state index in [4.69, 9.17) is 5.84 Å². The minimum absolute atomic E-state index is 0.289. The average Bonchev–Trinajstić information content (AvgIpc) is 1.68. The molecule has 1 amide bonds. The number of carbonyl (C=O) groups is 1. The van der Waals surface area contributed by atoms with E-state index in [0.29, 0.717) is 0 Å². The first-order valence-corrected chi connectivity index (χ1v) is 2.47. The number of hydrogen-bond donors (Lipinski definition) is 3. The van der Waals surface area contributed by atoms with Crippen molar-refractivity contribution in [3.8, 4) is 0 Å². The Hall–Kier alpha value is -0.260. The monoisotopic (exact) mass is 121 g/mol. The van der Waals surface area contributed by atoms with Gasteiger partial charge in [-0.25, -0.2) is 5.84 Å². The standard InChI is InChI=1S/C2H7N3OS/c1-4-7-2(6)5-3/h4H,3H2,1H3,(H,5,6). The van der Waals surface area contributed by atoms with Crippen LogP contribution in [-0.4, -0.2) is 12.3 Å². The molecule has 0 fully saturated rings. The summed E-state index contributed by atoms with van der Waals surface area (Å²) in [6.07, 6.45) is 0. The summed E-state index contributed by atoms with van der Waals surface area (Å²) >= 11 is 0.906. The molecule has 0 saturated carbocycles. The summed E-state index contributed by atoms with van der Waals surface area (Å²) in [6, 6.07) is 0. The minimum atomic E-state index is -0.289. The van der Waals surface area contributed by atoms with Crippen molar-refractivity contribution in [3.63, 3.8) is 0 Å². The highest BCUT2D eigenvalue weighted by molar-refractivity contribution is 8.11. The molecule has 0 heterocycles. The van der Waals surface area contributed by atoms with Crippen LogP contribution >= 0.6 is 11.9 Å². The first-order chi connectivity index (χ1) is 3.31. The molecule has 5 heteroatoms. The van der Waals surface area contributed by atoms with Gasteiger partial charge in [0.2, 0.25) is 0 Å². The Kier molecular flexibility index (Phi) is 3.77. The van der Waals surface area contributed by atoms with Crippen LogP contribution in [0.2, 0.25) is 0 Å². The smallest absolute Gasteiger partial charge is 0.284 e. The summed E-state index contributed by atoms with van der Waals surface area (Å²) in [6.45, 7) is 0. The molecule has 0 saturated heterocycles. The molecule has 0 atom stereocenters. The molecule has 4 nitrogen and oxygen atoms in total. The summed E-state index contributed by atoms with van der Waals surface area (Å²) in [5.74, 6) is 4.70. The summed E-state index contributed by atoms with van der Waals surface area (Å²) in [7, 11) is 1.64. The maximum absolute atomic E-state index is 10.1. The van der Waals surface area contributed by atoms with Crippen molar-refractivity contribution in [2.24, 2.45) is 5.84 Å². The lowest BCUT2D eigenvalue weighted by molar-refractivity contribution is 0.261. The van der Waals surface area contributed by atoms with Crippen LogP contribution < -0.4 is 16.0 Å². The molecule has 42 valence electrons. The number of nitrogens with two attached hydrogens (primary N) is 1. The van der Waals surface area contributed by atoms with E-state index < -0.39 is 0 Å². The SMILES string of the molecule is CNSC(=O)NN. The first-order valence-electron chi connectivity index (χ1n) is 1.65. The Labute approximate surface area is 45.9 Å². The molecule has 0 aliphatic carbocycles. The van der Waals surface area contributed by atoms with Crippen LogP contribution in [0.5, 0.6) is 0 Å². The molecule has 0 aliphatic rings. The molecule has 0 radical (unpaired) electrons. The predicted octanol–water partition coefficient (Wildman–Crippen LogP) is -0.563. The fourth-order valence-corrected chi connectivity index (χ4v) is 0.366. The lowest BCUT2D eigenvalue weighted by atomic mass is 11.4. The van der Waals surface area contributed by atoms with Gasteiger partial charge in [0.05, 0.1) is 0 Å².